The van der Waals surface area contributed by atoms with Crippen molar-refractivity contribution in [3.8, 4) is 0 Å². The Morgan fingerprint density at radius 1 is 1.37 bits per heavy atom. The summed E-state index contributed by atoms with van der Waals surface area (Å²) >= 11 is 1.74. The summed E-state index contributed by atoms with van der Waals surface area (Å²) in [4.78, 5) is 25.8. The third-order valence-electron chi connectivity index (χ3n) is 2.31. The van der Waals surface area contributed by atoms with Crippen LogP contribution in [0.1, 0.15) is 22.5 Å². The lowest BCUT2D eigenvalue weighted by atomic mass is 10.2. The third kappa shape index (κ3) is 6.10. The molecule has 3 N–H and O–H groups in total. The van der Waals surface area contributed by atoms with Crippen LogP contribution in [0.5, 0.6) is 0 Å². The van der Waals surface area contributed by atoms with Gasteiger partial charge < -0.3 is 15.7 Å². The molecule has 0 aliphatic carbocycles. The molecule has 104 valence electrons. The van der Waals surface area contributed by atoms with Gasteiger partial charge in [0.2, 0.25) is 0 Å². The maximum absolute atomic E-state index is 11.4. The first-order chi connectivity index (χ1) is 9.13. The minimum atomic E-state index is -1.06. The van der Waals surface area contributed by atoms with Gasteiger partial charge in [-0.05, 0) is 30.1 Å². The number of aromatic carboxylic acids is 1. The summed E-state index contributed by atoms with van der Waals surface area (Å²) in [6.45, 7) is 0.962. The third-order valence-corrected chi connectivity index (χ3v) is 3.00. The fourth-order valence-electron chi connectivity index (χ4n) is 1.32. The van der Waals surface area contributed by atoms with Gasteiger partial charge in [0.15, 0.2) is 0 Å². The van der Waals surface area contributed by atoms with Crippen LogP contribution < -0.4 is 10.6 Å². The molecule has 0 aliphatic rings. The number of thioether (sulfide) groups is 1. The molecule has 0 unspecified atom stereocenters. The van der Waals surface area contributed by atoms with Gasteiger partial charge >= 0.3 is 12.0 Å². The lowest BCUT2D eigenvalue weighted by Crippen LogP contribution is -2.35. The zero-order chi connectivity index (χ0) is 14.1. The summed E-state index contributed by atoms with van der Waals surface area (Å²) in [5, 5.41) is 14.1. The van der Waals surface area contributed by atoms with E-state index in [1.165, 1.54) is 12.3 Å². The minimum Gasteiger partial charge on any atom is -0.477 e. The number of carbonyl (C=O) groups is 2. The van der Waals surface area contributed by atoms with E-state index in [-0.39, 0.29) is 11.7 Å². The number of nitrogens with zero attached hydrogens (tertiary/aromatic N) is 1. The van der Waals surface area contributed by atoms with E-state index >= 15 is 0 Å². The zero-order valence-corrected chi connectivity index (χ0v) is 11.5. The van der Waals surface area contributed by atoms with Gasteiger partial charge in [0.25, 0.3) is 0 Å². The smallest absolute Gasteiger partial charge is 0.354 e. The first-order valence-corrected chi connectivity index (χ1v) is 7.21. The van der Waals surface area contributed by atoms with E-state index < -0.39 is 5.97 Å². The second-order valence-corrected chi connectivity index (χ2v) is 4.80. The zero-order valence-electron chi connectivity index (χ0n) is 10.7. The Morgan fingerprint density at radius 2 is 2.16 bits per heavy atom. The number of hydrogen-bond acceptors (Lipinski definition) is 4. The predicted molar refractivity (Wildman–Crippen MR) is 74.4 cm³/mol. The maximum atomic E-state index is 11.4. The monoisotopic (exact) mass is 283 g/mol. The first kappa shape index (κ1) is 15.3. The van der Waals surface area contributed by atoms with Crippen LogP contribution in [0.25, 0.3) is 0 Å². The fourth-order valence-corrected chi connectivity index (χ4v) is 1.75. The van der Waals surface area contributed by atoms with Crippen molar-refractivity contribution in [2.75, 3.05) is 18.6 Å². The normalized spacial score (nSPS) is 9.95. The molecule has 1 aromatic rings. The number of hydrogen-bond donors (Lipinski definition) is 3. The molecule has 0 radical (unpaired) electrons. The summed E-state index contributed by atoms with van der Waals surface area (Å²) in [7, 11) is 0. The molecule has 0 aromatic carbocycles. The lowest BCUT2D eigenvalue weighted by molar-refractivity contribution is 0.0690. The Hall–Kier alpha value is -1.76. The van der Waals surface area contributed by atoms with Gasteiger partial charge in [-0.1, -0.05) is 6.07 Å². The number of urea groups is 1. The van der Waals surface area contributed by atoms with Crippen LogP contribution in [0.3, 0.4) is 0 Å². The van der Waals surface area contributed by atoms with Gasteiger partial charge in [0, 0.05) is 19.3 Å². The van der Waals surface area contributed by atoms with Crippen LogP contribution in [0, 0.1) is 0 Å². The molecule has 0 saturated heterocycles. The van der Waals surface area contributed by atoms with Crippen LogP contribution in [-0.4, -0.2) is 40.6 Å². The molecule has 1 heterocycles. The van der Waals surface area contributed by atoms with Crippen molar-refractivity contribution in [3.63, 3.8) is 0 Å². The molecule has 0 bridgehead atoms. The molecule has 0 atom stereocenters. The topological polar surface area (TPSA) is 91.3 Å². The van der Waals surface area contributed by atoms with E-state index in [1.807, 2.05) is 6.26 Å². The van der Waals surface area contributed by atoms with E-state index in [0.29, 0.717) is 13.1 Å². The van der Waals surface area contributed by atoms with Crippen molar-refractivity contribution in [1.29, 1.82) is 0 Å². The quantitative estimate of drug-likeness (QED) is 0.657. The molecule has 2 amide bonds. The number of carboxylic acid groups (broad SMARTS) is 1. The van der Waals surface area contributed by atoms with Gasteiger partial charge in [0.05, 0.1) is 0 Å². The number of nitrogens with one attached hydrogen (secondary N) is 2. The predicted octanol–water partition coefficient (Wildman–Crippen LogP) is 1.33. The molecular formula is C12H17N3O3S. The minimum absolute atomic E-state index is 0.00901. The Morgan fingerprint density at radius 3 is 2.74 bits per heavy atom. The molecule has 7 heteroatoms. The molecule has 0 spiro atoms. The van der Waals surface area contributed by atoms with Gasteiger partial charge in [-0.25, -0.2) is 14.6 Å². The van der Waals surface area contributed by atoms with E-state index in [0.717, 1.165) is 17.7 Å². The summed E-state index contributed by atoms with van der Waals surface area (Å²) in [5.74, 6) is -0.0491. The van der Waals surface area contributed by atoms with Crippen molar-refractivity contribution in [3.05, 3.63) is 29.6 Å². The number of pyridine rings is 1. The van der Waals surface area contributed by atoms with Crippen molar-refractivity contribution in [2.45, 2.75) is 13.0 Å². The highest BCUT2D eigenvalue weighted by Gasteiger charge is 2.04. The maximum Gasteiger partial charge on any atom is 0.354 e. The van der Waals surface area contributed by atoms with Crippen molar-refractivity contribution in [2.24, 2.45) is 0 Å². The molecule has 0 fully saturated rings. The molecule has 6 nitrogen and oxygen atoms in total. The average molecular weight is 283 g/mol. The van der Waals surface area contributed by atoms with Gasteiger partial charge in [-0.15, -0.1) is 0 Å². The van der Waals surface area contributed by atoms with Crippen LogP contribution in [0.2, 0.25) is 0 Å². The van der Waals surface area contributed by atoms with Gasteiger partial charge in [-0.3, -0.25) is 0 Å². The fraction of sp³-hybridized carbons (Fsp3) is 0.417. The highest BCUT2D eigenvalue weighted by atomic mass is 32.2. The lowest BCUT2D eigenvalue weighted by Gasteiger charge is -2.07. The number of rotatable bonds is 7. The summed E-state index contributed by atoms with van der Waals surface area (Å²) < 4.78 is 0. The van der Waals surface area contributed by atoms with Crippen molar-refractivity contribution < 1.29 is 14.7 Å². The second kappa shape index (κ2) is 8.36. The molecule has 1 aromatic heterocycles. The van der Waals surface area contributed by atoms with Crippen LogP contribution >= 0.6 is 11.8 Å². The van der Waals surface area contributed by atoms with Crippen LogP contribution in [0.15, 0.2) is 18.3 Å². The molecule has 19 heavy (non-hydrogen) atoms. The molecular weight excluding hydrogens is 266 g/mol. The summed E-state index contributed by atoms with van der Waals surface area (Å²) in [5.41, 5.74) is 0.745. The summed E-state index contributed by atoms with van der Waals surface area (Å²) in [6.07, 6.45) is 4.40. The van der Waals surface area contributed by atoms with E-state index in [1.54, 1.807) is 17.8 Å². The second-order valence-electron chi connectivity index (χ2n) is 3.81. The van der Waals surface area contributed by atoms with Crippen molar-refractivity contribution >= 4 is 23.8 Å². The summed E-state index contributed by atoms with van der Waals surface area (Å²) in [6, 6.07) is 2.81. The largest absolute Gasteiger partial charge is 0.477 e. The van der Waals surface area contributed by atoms with Crippen LogP contribution in [0.4, 0.5) is 4.79 Å². The van der Waals surface area contributed by atoms with Gasteiger partial charge in [-0.2, -0.15) is 11.8 Å². The van der Waals surface area contributed by atoms with E-state index in [9.17, 15) is 9.59 Å². The van der Waals surface area contributed by atoms with Crippen LogP contribution in [-0.2, 0) is 6.54 Å². The average Bonchev–Trinajstić information content (AvgIpc) is 2.42. The van der Waals surface area contributed by atoms with Crippen molar-refractivity contribution in [1.82, 2.24) is 15.6 Å². The number of carboxylic acids is 1. The molecule has 1 rings (SSSR count). The van der Waals surface area contributed by atoms with E-state index in [2.05, 4.69) is 15.6 Å². The number of carbonyl (C=O) groups excluding carboxylic acids is 1. The number of amides is 2. The van der Waals surface area contributed by atoms with E-state index in [4.69, 9.17) is 5.11 Å². The highest BCUT2D eigenvalue weighted by Crippen LogP contribution is 2.00. The molecule has 0 saturated carbocycles. The van der Waals surface area contributed by atoms with Gasteiger partial charge in [0.1, 0.15) is 5.69 Å². The molecule has 0 aliphatic heterocycles. The Bertz CT molecular complexity index is 423. The first-order valence-electron chi connectivity index (χ1n) is 5.82. The number of aromatic nitrogens is 1. The Kier molecular flexibility index (Phi) is 6.73. The standard InChI is InChI=1S/C12H17N3O3S/c1-19-6-2-5-13-12(18)15-8-9-3-4-10(11(16)17)14-7-9/h3-4,7H,2,5-6,8H2,1H3,(H,16,17)(H2,13,15,18). The SMILES string of the molecule is CSCCCNC(=O)NCc1ccc(C(=O)O)nc1. The Balaban J connectivity index is 2.28. The Labute approximate surface area is 116 Å². The highest BCUT2D eigenvalue weighted by molar-refractivity contribution is 7.98.